The summed E-state index contributed by atoms with van der Waals surface area (Å²) in [5.74, 6) is 2.78. The van der Waals surface area contributed by atoms with Gasteiger partial charge in [-0.3, -0.25) is 0 Å². The number of aromatic nitrogens is 2. The van der Waals surface area contributed by atoms with Gasteiger partial charge in [0, 0.05) is 27.2 Å². The van der Waals surface area contributed by atoms with E-state index >= 15 is 0 Å². The van der Waals surface area contributed by atoms with Gasteiger partial charge in [0.25, 0.3) is 0 Å². The van der Waals surface area contributed by atoms with Gasteiger partial charge >= 0.3 is 0 Å². The van der Waals surface area contributed by atoms with Crippen LogP contribution in [0.1, 0.15) is 6.92 Å². The quantitative estimate of drug-likeness (QED) is 0.607. The Labute approximate surface area is 89.1 Å². The van der Waals surface area contributed by atoms with Gasteiger partial charge < -0.3 is 10.2 Å². The molecule has 1 rings (SSSR count). The molecule has 0 aliphatic rings. The normalized spacial score (nSPS) is 10.0. The van der Waals surface area contributed by atoms with Crippen molar-refractivity contribution in [1.82, 2.24) is 9.97 Å². The van der Waals surface area contributed by atoms with Crippen LogP contribution in [0.25, 0.3) is 0 Å². The molecule has 0 fully saturated rings. The number of nitrogens with zero attached hydrogens (tertiary/aromatic N) is 3. The molecule has 0 amide bonds. The zero-order chi connectivity index (χ0) is 10.6. The van der Waals surface area contributed by atoms with E-state index in [4.69, 9.17) is 0 Å². The largest absolute Gasteiger partial charge is 0.373 e. The van der Waals surface area contributed by atoms with E-state index in [1.807, 2.05) is 32.1 Å². The lowest BCUT2D eigenvalue weighted by atomic mass is 10.5. The molecule has 0 bridgehead atoms. The molecule has 0 saturated carbocycles. The van der Waals surface area contributed by atoms with E-state index in [0.29, 0.717) is 0 Å². The molecule has 0 atom stereocenters. The molecule has 1 aromatic rings. The predicted molar refractivity (Wildman–Crippen MR) is 62.3 cm³/mol. The summed E-state index contributed by atoms with van der Waals surface area (Å²) in [6, 6.07) is 1.93. The zero-order valence-electron chi connectivity index (χ0n) is 9.03. The van der Waals surface area contributed by atoms with Crippen LogP contribution in [0.5, 0.6) is 0 Å². The van der Waals surface area contributed by atoms with Gasteiger partial charge in [-0.25, -0.2) is 9.97 Å². The highest BCUT2D eigenvalue weighted by Crippen LogP contribution is 2.19. The summed E-state index contributed by atoms with van der Waals surface area (Å²) >= 11 is 1.65. The van der Waals surface area contributed by atoms with Crippen molar-refractivity contribution in [2.24, 2.45) is 0 Å². The third kappa shape index (κ3) is 2.77. The maximum Gasteiger partial charge on any atom is 0.191 e. The molecule has 0 aromatic carbocycles. The first-order chi connectivity index (χ1) is 6.67. The van der Waals surface area contributed by atoms with E-state index in [-0.39, 0.29) is 0 Å². The highest BCUT2D eigenvalue weighted by molar-refractivity contribution is 7.99. The summed E-state index contributed by atoms with van der Waals surface area (Å²) in [5.41, 5.74) is 0. The standard InChI is InChI=1S/C9H16N4S/c1-5-14-9-11-7(10-2)6-8(12-9)13(3)4/h6H,5H2,1-4H3,(H,10,11,12). The Bertz CT molecular complexity index is 301. The molecule has 14 heavy (non-hydrogen) atoms. The number of hydrogen-bond acceptors (Lipinski definition) is 5. The van der Waals surface area contributed by atoms with Crippen LogP contribution in [0.15, 0.2) is 11.2 Å². The lowest BCUT2D eigenvalue weighted by Gasteiger charge is -2.13. The number of rotatable bonds is 4. The van der Waals surface area contributed by atoms with Gasteiger partial charge in [-0.15, -0.1) is 0 Å². The van der Waals surface area contributed by atoms with Crippen molar-refractivity contribution in [3.63, 3.8) is 0 Å². The SMILES string of the molecule is CCSc1nc(NC)cc(N(C)C)n1. The van der Waals surface area contributed by atoms with E-state index in [9.17, 15) is 0 Å². The van der Waals surface area contributed by atoms with E-state index in [2.05, 4.69) is 22.2 Å². The molecule has 0 saturated heterocycles. The van der Waals surface area contributed by atoms with Crippen molar-refractivity contribution in [1.29, 1.82) is 0 Å². The lowest BCUT2D eigenvalue weighted by molar-refractivity contribution is 0.931. The first-order valence-electron chi connectivity index (χ1n) is 4.54. The third-order valence-electron chi connectivity index (χ3n) is 1.68. The van der Waals surface area contributed by atoms with Gasteiger partial charge in [0.05, 0.1) is 0 Å². The minimum atomic E-state index is 0.822. The molecule has 0 unspecified atom stereocenters. The Kier molecular flexibility index (Phi) is 4.00. The molecule has 4 nitrogen and oxygen atoms in total. The molecule has 0 radical (unpaired) electrons. The van der Waals surface area contributed by atoms with Crippen LogP contribution in [0.2, 0.25) is 0 Å². The summed E-state index contributed by atoms with van der Waals surface area (Å²) < 4.78 is 0. The van der Waals surface area contributed by atoms with Crippen LogP contribution in [-0.4, -0.2) is 36.9 Å². The second kappa shape index (κ2) is 5.05. The van der Waals surface area contributed by atoms with Crippen LogP contribution in [0, 0.1) is 0 Å². The smallest absolute Gasteiger partial charge is 0.191 e. The highest BCUT2D eigenvalue weighted by Gasteiger charge is 2.04. The van der Waals surface area contributed by atoms with E-state index < -0.39 is 0 Å². The van der Waals surface area contributed by atoms with Crippen molar-refractivity contribution >= 4 is 23.4 Å². The molecule has 1 N–H and O–H groups in total. The van der Waals surface area contributed by atoms with Crippen molar-refractivity contribution in [2.45, 2.75) is 12.1 Å². The molecular formula is C9H16N4S. The zero-order valence-corrected chi connectivity index (χ0v) is 9.85. The maximum atomic E-state index is 4.41. The number of nitrogens with one attached hydrogen (secondary N) is 1. The molecular weight excluding hydrogens is 196 g/mol. The van der Waals surface area contributed by atoms with Crippen LogP contribution in [0.4, 0.5) is 11.6 Å². The fourth-order valence-electron chi connectivity index (χ4n) is 0.964. The average Bonchev–Trinajstić information content (AvgIpc) is 2.17. The average molecular weight is 212 g/mol. The Morgan fingerprint density at radius 3 is 2.64 bits per heavy atom. The van der Waals surface area contributed by atoms with Gasteiger partial charge in [-0.2, -0.15) is 0 Å². The molecule has 1 heterocycles. The highest BCUT2D eigenvalue weighted by atomic mass is 32.2. The number of thioether (sulfide) groups is 1. The summed E-state index contributed by atoms with van der Waals surface area (Å²) in [7, 11) is 5.81. The van der Waals surface area contributed by atoms with Gasteiger partial charge in [0.2, 0.25) is 0 Å². The van der Waals surface area contributed by atoms with Crippen LogP contribution in [-0.2, 0) is 0 Å². The van der Waals surface area contributed by atoms with Gasteiger partial charge in [0.15, 0.2) is 5.16 Å². The van der Waals surface area contributed by atoms with Crippen LogP contribution < -0.4 is 10.2 Å². The molecule has 5 heteroatoms. The van der Waals surface area contributed by atoms with Crippen molar-refractivity contribution in [2.75, 3.05) is 37.1 Å². The van der Waals surface area contributed by atoms with Crippen molar-refractivity contribution < 1.29 is 0 Å². The molecule has 1 aromatic heterocycles. The number of anilines is 2. The molecule has 0 spiro atoms. The van der Waals surface area contributed by atoms with Gasteiger partial charge in [-0.1, -0.05) is 18.7 Å². The summed E-state index contributed by atoms with van der Waals surface area (Å²) in [6.07, 6.45) is 0. The second-order valence-corrected chi connectivity index (χ2v) is 4.20. The Balaban J connectivity index is 3.00. The Hall–Kier alpha value is -0.970. The first-order valence-corrected chi connectivity index (χ1v) is 5.53. The fraction of sp³-hybridized carbons (Fsp3) is 0.556. The second-order valence-electron chi connectivity index (χ2n) is 2.97. The number of hydrogen-bond donors (Lipinski definition) is 1. The minimum absolute atomic E-state index is 0.822. The fourth-order valence-corrected chi connectivity index (χ4v) is 1.54. The first kappa shape index (κ1) is 11.1. The maximum absolute atomic E-state index is 4.41. The minimum Gasteiger partial charge on any atom is -0.373 e. The van der Waals surface area contributed by atoms with Crippen molar-refractivity contribution in [3.8, 4) is 0 Å². The van der Waals surface area contributed by atoms with Crippen LogP contribution in [0.3, 0.4) is 0 Å². The third-order valence-corrected chi connectivity index (χ3v) is 2.41. The molecule has 78 valence electrons. The van der Waals surface area contributed by atoms with E-state index in [1.54, 1.807) is 11.8 Å². The van der Waals surface area contributed by atoms with E-state index in [1.165, 1.54) is 0 Å². The summed E-state index contributed by atoms with van der Waals surface area (Å²) in [5, 5.41) is 3.85. The monoisotopic (exact) mass is 212 g/mol. The van der Waals surface area contributed by atoms with Crippen LogP contribution >= 0.6 is 11.8 Å². The van der Waals surface area contributed by atoms with Gasteiger partial charge in [0.1, 0.15) is 11.6 Å². The topological polar surface area (TPSA) is 41.1 Å². The lowest BCUT2D eigenvalue weighted by Crippen LogP contribution is -2.12. The molecule has 0 aliphatic carbocycles. The Morgan fingerprint density at radius 1 is 1.43 bits per heavy atom. The van der Waals surface area contributed by atoms with Crippen molar-refractivity contribution in [3.05, 3.63) is 6.07 Å². The Morgan fingerprint density at radius 2 is 2.14 bits per heavy atom. The van der Waals surface area contributed by atoms with E-state index in [0.717, 1.165) is 22.5 Å². The summed E-state index contributed by atoms with van der Waals surface area (Å²) in [6.45, 7) is 2.09. The molecule has 0 aliphatic heterocycles. The van der Waals surface area contributed by atoms with Gasteiger partial charge in [-0.05, 0) is 5.75 Å². The predicted octanol–water partition coefficient (Wildman–Crippen LogP) is 1.70. The summed E-state index contributed by atoms with van der Waals surface area (Å²) in [4.78, 5) is 10.7.